The van der Waals surface area contributed by atoms with E-state index < -0.39 is 0 Å². The third kappa shape index (κ3) is 6.13. The van der Waals surface area contributed by atoms with Gasteiger partial charge in [0, 0.05) is 6.54 Å². The first-order valence-electron chi connectivity index (χ1n) is 3.60. The highest BCUT2D eigenvalue weighted by Gasteiger charge is 2.03. The average Bonchev–Trinajstić information content (AvgIpc) is 2.04. The van der Waals surface area contributed by atoms with Gasteiger partial charge in [0.15, 0.2) is 0 Å². The lowest BCUT2D eigenvalue weighted by atomic mass is 10.4. The number of carbonyl (C=O) groups excluding carboxylic acids is 1. The summed E-state index contributed by atoms with van der Waals surface area (Å²) < 4.78 is 4.66. The molecule has 4 nitrogen and oxygen atoms in total. The van der Waals surface area contributed by atoms with Crippen molar-refractivity contribution in [2.45, 2.75) is 11.8 Å². The molecule has 5 heteroatoms. The maximum Gasteiger partial charge on any atom is 0.319 e. The third-order valence-corrected chi connectivity index (χ3v) is 1.57. The molecule has 0 bridgehead atoms. The Kier molecular flexibility index (Phi) is 6.72. The van der Waals surface area contributed by atoms with E-state index in [9.17, 15) is 4.79 Å². The number of esters is 1. The van der Waals surface area contributed by atoms with E-state index in [0.29, 0.717) is 13.2 Å². The molecular weight excluding hydrogens is 224 g/mol. The number of hydrogen-bond acceptors (Lipinski definition) is 4. The number of nitrogens with one attached hydrogen (secondary N) is 1. The molecule has 0 heterocycles. The lowest BCUT2D eigenvalue weighted by molar-refractivity contribution is -0.141. The largest absolute Gasteiger partial charge is 0.465 e. The van der Waals surface area contributed by atoms with E-state index >= 15 is 0 Å². The van der Waals surface area contributed by atoms with Crippen LogP contribution >= 0.6 is 15.9 Å². The topological polar surface area (TPSA) is 62.1 Å². The van der Waals surface area contributed by atoms with Crippen LogP contribution in [-0.2, 0) is 9.53 Å². The zero-order valence-electron chi connectivity index (χ0n) is 6.84. The van der Waals surface area contributed by atoms with Crippen LogP contribution in [-0.4, -0.2) is 30.5 Å². The Hall–Kier alpha value is -0.600. The van der Waals surface area contributed by atoms with Gasteiger partial charge < -0.3 is 10.1 Å². The SMILES string of the molecule is CCOC(=O)CNCC(Br)C#N. The summed E-state index contributed by atoms with van der Waals surface area (Å²) in [5.41, 5.74) is 0. The zero-order valence-corrected chi connectivity index (χ0v) is 8.43. The van der Waals surface area contributed by atoms with Crippen LogP contribution in [0.25, 0.3) is 0 Å². The van der Waals surface area contributed by atoms with E-state index in [-0.39, 0.29) is 17.3 Å². The van der Waals surface area contributed by atoms with Crippen molar-refractivity contribution in [1.82, 2.24) is 5.32 Å². The van der Waals surface area contributed by atoms with Gasteiger partial charge in [0.05, 0.1) is 19.2 Å². The van der Waals surface area contributed by atoms with Gasteiger partial charge in [-0.2, -0.15) is 5.26 Å². The molecule has 0 aromatic carbocycles. The Morgan fingerprint density at radius 3 is 3.00 bits per heavy atom. The fourth-order valence-corrected chi connectivity index (χ4v) is 0.788. The fourth-order valence-electron chi connectivity index (χ4n) is 0.559. The molecule has 1 N–H and O–H groups in total. The van der Waals surface area contributed by atoms with Crippen LogP contribution < -0.4 is 5.32 Å². The second-order valence-electron chi connectivity index (χ2n) is 2.03. The second kappa shape index (κ2) is 7.07. The minimum absolute atomic E-state index is 0.150. The number of nitrogens with zero attached hydrogens (tertiary/aromatic N) is 1. The minimum Gasteiger partial charge on any atom is -0.465 e. The van der Waals surface area contributed by atoms with E-state index in [2.05, 4.69) is 26.0 Å². The highest BCUT2D eigenvalue weighted by atomic mass is 79.9. The van der Waals surface area contributed by atoms with Gasteiger partial charge in [-0.3, -0.25) is 4.79 Å². The molecule has 1 atom stereocenters. The van der Waals surface area contributed by atoms with E-state index in [4.69, 9.17) is 5.26 Å². The van der Waals surface area contributed by atoms with Gasteiger partial charge in [-0.05, 0) is 6.92 Å². The van der Waals surface area contributed by atoms with Crippen molar-refractivity contribution in [3.63, 3.8) is 0 Å². The number of nitriles is 1. The number of alkyl halides is 1. The second-order valence-corrected chi connectivity index (χ2v) is 3.14. The van der Waals surface area contributed by atoms with Crippen LogP contribution in [0, 0.1) is 11.3 Å². The third-order valence-electron chi connectivity index (χ3n) is 1.04. The Morgan fingerprint density at radius 1 is 1.83 bits per heavy atom. The molecule has 12 heavy (non-hydrogen) atoms. The predicted molar refractivity (Wildman–Crippen MR) is 47.8 cm³/mol. The number of hydrogen-bond donors (Lipinski definition) is 1. The zero-order chi connectivity index (χ0) is 9.40. The van der Waals surface area contributed by atoms with Gasteiger partial charge in [0.1, 0.15) is 4.83 Å². The van der Waals surface area contributed by atoms with E-state index in [1.54, 1.807) is 6.92 Å². The van der Waals surface area contributed by atoms with Crippen molar-refractivity contribution in [2.75, 3.05) is 19.7 Å². The van der Waals surface area contributed by atoms with Crippen molar-refractivity contribution in [1.29, 1.82) is 5.26 Å². The number of ether oxygens (including phenoxy) is 1. The molecule has 0 aromatic heterocycles. The van der Waals surface area contributed by atoms with Gasteiger partial charge in [-0.15, -0.1) is 0 Å². The number of rotatable bonds is 5. The van der Waals surface area contributed by atoms with Crippen LogP contribution in [0.2, 0.25) is 0 Å². The van der Waals surface area contributed by atoms with Crippen LogP contribution in [0.4, 0.5) is 0 Å². The first kappa shape index (κ1) is 11.4. The molecule has 0 aliphatic rings. The lowest BCUT2D eigenvalue weighted by Gasteiger charge is -2.03. The average molecular weight is 235 g/mol. The molecule has 0 rings (SSSR count). The Labute approximate surface area is 80.0 Å². The first-order chi connectivity index (χ1) is 5.70. The standard InChI is InChI=1S/C7H11BrN2O2/c1-2-12-7(11)5-10-4-6(8)3-9/h6,10H,2,4-5H2,1H3. The van der Waals surface area contributed by atoms with Crippen LogP contribution in [0.1, 0.15) is 6.92 Å². The normalized spacial score (nSPS) is 11.8. The molecule has 0 aliphatic carbocycles. The molecule has 0 saturated heterocycles. The maximum absolute atomic E-state index is 10.7. The Bertz CT molecular complexity index is 179. The molecule has 0 radical (unpaired) electrons. The maximum atomic E-state index is 10.7. The molecule has 68 valence electrons. The highest BCUT2D eigenvalue weighted by Crippen LogP contribution is 1.93. The van der Waals surface area contributed by atoms with E-state index in [1.165, 1.54) is 0 Å². The summed E-state index contributed by atoms with van der Waals surface area (Å²) in [6, 6.07) is 1.97. The van der Waals surface area contributed by atoms with E-state index in [1.807, 2.05) is 6.07 Å². The number of halogens is 1. The van der Waals surface area contributed by atoms with Gasteiger partial charge >= 0.3 is 5.97 Å². The van der Waals surface area contributed by atoms with Gasteiger partial charge in [-0.1, -0.05) is 15.9 Å². The lowest BCUT2D eigenvalue weighted by Crippen LogP contribution is -2.29. The van der Waals surface area contributed by atoms with Crippen LogP contribution in [0.15, 0.2) is 0 Å². The first-order valence-corrected chi connectivity index (χ1v) is 4.52. The minimum atomic E-state index is -0.296. The van der Waals surface area contributed by atoms with Crippen molar-refractivity contribution < 1.29 is 9.53 Å². The molecule has 0 spiro atoms. The Morgan fingerprint density at radius 2 is 2.50 bits per heavy atom. The summed E-state index contributed by atoms with van der Waals surface area (Å²) in [6.07, 6.45) is 0. The van der Waals surface area contributed by atoms with E-state index in [0.717, 1.165) is 0 Å². The van der Waals surface area contributed by atoms with Crippen LogP contribution in [0.3, 0.4) is 0 Å². The Balaban J connectivity index is 3.32. The van der Waals surface area contributed by atoms with Crippen molar-refractivity contribution in [3.05, 3.63) is 0 Å². The molecular formula is C7H11BrN2O2. The summed E-state index contributed by atoms with van der Waals surface area (Å²) >= 11 is 3.09. The summed E-state index contributed by atoms with van der Waals surface area (Å²) in [4.78, 5) is 10.5. The molecule has 0 saturated carbocycles. The fraction of sp³-hybridized carbons (Fsp3) is 0.714. The summed E-state index contributed by atoms with van der Waals surface area (Å²) in [5, 5.41) is 11.1. The summed E-state index contributed by atoms with van der Waals surface area (Å²) in [7, 11) is 0. The number of carbonyl (C=O) groups is 1. The molecule has 0 amide bonds. The summed E-state index contributed by atoms with van der Waals surface area (Å²) in [6.45, 7) is 2.73. The molecule has 1 unspecified atom stereocenters. The molecule has 0 aliphatic heterocycles. The highest BCUT2D eigenvalue weighted by molar-refractivity contribution is 9.09. The van der Waals surface area contributed by atoms with Crippen molar-refractivity contribution in [2.24, 2.45) is 0 Å². The van der Waals surface area contributed by atoms with Crippen molar-refractivity contribution >= 4 is 21.9 Å². The smallest absolute Gasteiger partial charge is 0.319 e. The monoisotopic (exact) mass is 234 g/mol. The molecule has 0 fully saturated rings. The van der Waals surface area contributed by atoms with Crippen molar-refractivity contribution in [3.8, 4) is 6.07 Å². The van der Waals surface area contributed by atoms with Crippen LogP contribution in [0.5, 0.6) is 0 Å². The van der Waals surface area contributed by atoms with Gasteiger partial charge in [0.25, 0.3) is 0 Å². The molecule has 0 aromatic rings. The summed E-state index contributed by atoms with van der Waals surface area (Å²) in [5.74, 6) is -0.296. The quantitative estimate of drug-likeness (QED) is 0.554. The van der Waals surface area contributed by atoms with Gasteiger partial charge in [0.2, 0.25) is 0 Å². The van der Waals surface area contributed by atoms with Gasteiger partial charge in [-0.25, -0.2) is 0 Å². The predicted octanol–water partition coefficient (Wildman–Crippen LogP) is 0.426.